The van der Waals surface area contributed by atoms with Crippen LogP contribution in [0.1, 0.15) is 18.9 Å². The average Bonchev–Trinajstić information content (AvgIpc) is 2.33. The zero-order valence-corrected chi connectivity index (χ0v) is 10.7. The fraction of sp³-hybridized carbons (Fsp3) is 0.333. The maximum atomic E-state index is 11.3. The molecule has 1 amide bonds. The van der Waals surface area contributed by atoms with Gasteiger partial charge in [-0.1, -0.05) is 13.0 Å². The lowest BCUT2D eigenvalue weighted by molar-refractivity contribution is -0.115. The second kappa shape index (κ2) is 6.25. The van der Waals surface area contributed by atoms with E-state index >= 15 is 0 Å². The standard InChI is InChI=1S/C12H16ClN3O/c1-3-12(17)15-9-5-4-8(2)10(6-9)16-11(14)7-13/h4-6H,3,7H2,1-2H3,(H2,14,16)(H,15,17). The van der Waals surface area contributed by atoms with E-state index in [1.807, 2.05) is 19.1 Å². The van der Waals surface area contributed by atoms with E-state index in [0.717, 1.165) is 11.3 Å². The summed E-state index contributed by atoms with van der Waals surface area (Å²) in [5.41, 5.74) is 7.99. The van der Waals surface area contributed by atoms with E-state index in [9.17, 15) is 4.79 Å². The van der Waals surface area contributed by atoms with Crippen LogP contribution in [-0.2, 0) is 4.79 Å². The van der Waals surface area contributed by atoms with Crippen molar-refractivity contribution in [3.63, 3.8) is 0 Å². The summed E-state index contributed by atoms with van der Waals surface area (Å²) in [4.78, 5) is 15.4. The third-order valence-electron chi connectivity index (χ3n) is 2.21. The molecule has 0 bridgehead atoms. The summed E-state index contributed by atoms with van der Waals surface area (Å²) in [5, 5.41) is 2.77. The van der Waals surface area contributed by atoms with E-state index in [1.54, 1.807) is 13.0 Å². The number of amides is 1. The van der Waals surface area contributed by atoms with Crippen molar-refractivity contribution in [2.24, 2.45) is 10.7 Å². The molecule has 0 spiro atoms. The topological polar surface area (TPSA) is 67.5 Å². The molecule has 0 saturated heterocycles. The first kappa shape index (κ1) is 13.5. The Morgan fingerprint density at radius 2 is 2.24 bits per heavy atom. The molecule has 0 atom stereocenters. The summed E-state index contributed by atoms with van der Waals surface area (Å²) < 4.78 is 0. The fourth-order valence-electron chi connectivity index (χ4n) is 1.24. The number of rotatable bonds is 4. The van der Waals surface area contributed by atoms with Crippen LogP contribution in [0.5, 0.6) is 0 Å². The van der Waals surface area contributed by atoms with Gasteiger partial charge in [0.05, 0.1) is 11.6 Å². The molecule has 4 nitrogen and oxygen atoms in total. The summed E-state index contributed by atoms with van der Waals surface area (Å²) in [6.45, 7) is 3.72. The zero-order valence-electron chi connectivity index (χ0n) is 9.96. The number of alkyl halides is 1. The Labute approximate surface area is 106 Å². The highest BCUT2D eigenvalue weighted by molar-refractivity contribution is 6.28. The van der Waals surface area contributed by atoms with Crippen molar-refractivity contribution in [1.29, 1.82) is 0 Å². The minimum absolute atomic E-state index is 0.0332. The lowest BCUT2D eigenvalue weighted by Crippen LogP contribution is -2.12. The summed E-state index contributed by atoms with van der Waals surface area (Å²) in [7, 11) is 0. The first-order valence-corrected chi connectivity index (χ1v) is 5.89. The lowest BCUT2D eigenvalue weighted by atomic mass is 10.2. The Balaban J connectivity index is 2.98. The lowest BCUT2D eigenvalue weighted by Gasteiger charge is -2.07. The number of carbonyl (C=O) groups is 1. The van der Waals surface area contributed by atoms with Gasteiger partial charge in [0.25, 0.3) is 0 Å². The Hall–Kier alpha value is -1.55. The van der Waals surface area contributed by atoms with Gasteiger partial charge in [-0.25, -0.2) is 4.99 Å². The van der Waals surface area contributed by atoms with Crippen LogP contribution < -0.4 is 11.1 Å². The SMILES string of the molecule is CCC(=O)Nc1ccc(C)c(N=C(N)CCl)c1. The van der Waals surface area contributed by atoms with Crippen LogP contribution in [-0.4, -0.2) is 17.6 Å². The molecule has 0 radical (unpaired) electrons. The van der Waals surface area contributed by atoms with E-state index in [-0.39, 0.29) is 11.8 Å². The highest BCUT2D eigenvalue weighted by Crippen LogP contribution is 2.23. The number of benzene rings is 1. The van der Waals surface area contributed by atoms with Gasteiger partial charge in [-0.2, -0.15) is 0 Å². The Bertz CT molecular complexity index is 443. The van der Waals surface area contributed by atoms with Gasteiger partial charge in [0.1, 0.15) is 5.84 Å². The van der Waals surface area contributed by atoms with E-state index in [2.05, 4.69) is 10.3 Å². The van der Waals surface area contributed by atoms with Gasteiger partial charge in [-0.15, -0.1) is 11.6 Å². The Morgan fingerprint density at radius 3 is 2.82 bits per heavy atom. The van der Waals surface area contributed by atoms with Gasteiger partial charge in [0, 0.05) is 12.1 Å². The van der Waals surface area contributed by atoms with Crippen LogP contribution in [0, 0.1) is 6.92 Å². The summed E-state index contributed by atoms with van der Waals surface area (Å²) in [5.74, 6) is 0.508. The van der Waals surface area contributed by atoms with Crippen LogP contribution in [0.25, 0.3) is 0 Å². The maximum absolute atomic E-state index is 11.3. The molecule has 0 aliphatic rings. The van der Waals surface area contributed by atoms with E-state index in [1.165, 1.54) is 0 Å². The number of amidine groups is 1. The van der Waals surface area contributed by atoms with Crippen LogP contribution >= 0.6 is 11.6 Å². The maximum Gasteiger partial charge on any atom is 0.224 e. The fourth-order valence-corrected chi connectivity index (χ4v) is 1.30. The van der Waals surface area contributed by atoms with Crippen molar-refractivity contribution in [3.05, 3.63) is 23.8 Å². The number of carbonyl (C=O) groups excluding carboxylic acids is 1. The highest BCUT2D eigenvalue weighted by atomic mass is 35.5. The molecule has 0 aromatic heterocycles. The van der Waals surface area contributed by atoms with Crippen molar-refractivity contribution < 1.29 is 4.79 Å². The van der Waals surface area contributed by atoms with Gasteiger partial charge in [0.2, 0.25) is 5.91 Å². The number of nitrogens with one attached hydrogen (secondary N) is 1. The number of nitrogens with zero attached hydrogens (tertiary/aromatic N) is 1. The minimum Gasteiger partial charge on any atom is -0.386 e. The summed E-state index contributed by atoms with van der Waals surface area (Å²) in [6, 6.07) is 5.49. The van der Waals surface area contributed by atoms with E-state index in [0.29, 0.717) is 17.9 Å². The third kappa shape index (κ3) is 4.07. The molecule has 0 saturated carbocycles. The zero-order chi connectivity index (χ0) is 12.8. The number of hydrogen-bond donors (Lipinski definition) is 2. The molecule has 0 fully saturated rings. The van der Waals surface area contributed by atoms with Gasteiger partial charge >= 0.3 is 0 Å². The predicted octanol–water partition coefficient (Wildman–Crippen LogP) is 2.57. The molecule has 3 N–H and O–H groups in total. The van der Waals surface area contributed by atoms with Crippen molar-refractivity contribution in [2.75, 3.05) is 11.2 Å². The van der Waals surface area contributed by atoms with Gasteiger partial charge < -0.3 is 11.1 Å². The second-order valence-electron chi connectivity index (χ2n) is 3.64. The van der Waals surface area contributed by atoms with E-state index < -0.39 is 0 Å². The Kier molecular flexibility index (Phi) is 4.97. The summed E-state index contributed by atoms with van der Waals surface area (Å²) in [6.07, 6.45) is 0.441. The number of aliphatic imine (C=N–C) groups is 1. The second-order valence-corrected chi connectivity index (χ2v) is 3.91. The van der Waals surface area contributed by atoms with Gasteiger partial charge in [-0.05, 0) is 24.6 Å². The van der Waals surface area contributed by atoms with Gasteiger partial charge in [0.15, 0.2) is 0 Å². The van der Waals surface area contributed by atoms with Crippen molar-refractivity contribution in [2.45, 2.75) is 20.3 Å². The molecule has 1 aromatic rings. The number of nitrogens with two attached hydrogens (primary N) is 1. The molecule has 1 rings (SSSR count). The van der Waals surface area contributed by atoms with Crippen molar-refractivity contribution in [3.8, 4) is 0 Å². The molecular formula is C12H16ClN3O. The number of halogens is 1. The smallest absolute Gasteiger partial charge is 0.224 e. The first-order chi connectivity index (χ1) is 8.06. The average molecular weight is 254 g/mol. The molecule has 1 aromatic carbocycles. The molecule has 5 heteroatoms. The summed E-state index contributed by atoms with van der Waals surface area (Å²) >= 11 is 5.58. The molecule has 92 valence electrons. The molecule has 17 heavy (non-hydrogen) atoms. The van der Waals surface area contributed by atoms with Crippen molar-refractivity contribution in [1.82, 2.24) is 0 Å². The molecule has 0 unspecified atom stereocenters. The monoisotopic (exact) mass is 253 g/mol. The third-order valence-corrected chi connectivity index (χ3v) is 2.49. The minimum atomic E-state index is -0.0332. The molecular weight excluding hydrogens is 238 g/mol. The largest absolute Gasteiger partial charge is 0.386 e. The highest BCUT2D eigenvalue weighted by Gasteiger charge is 2.03. The number of anilines is 1. The number of hydrogen-bond acceptors (Lipinski definition) is 2. The first-order valence-electron chi connectivity index (χ1n) is 5.36. The molecule has 0 aliphatic heterocycles. The van der Waals surface area contributed by atoms with Crippen LogP contribution in [0.2, 0.25) is 0 Å². The van der Waals surface area contributed by atoms with Crippen LogP contribution in [0.15, 0.2) is 23.2 Å². The van der Waals surface area contributed by atoms with Crippen molar-refractivity contribution >= 4 is 34.7 Å². The Morgan fingerprint density at radius 1 is 1.53 bits per heavy atom. The van der Waals surface area contributed by atoms with Crippen LogP contribution in [0.3, 0.4) is 0 Å². The molecule has 0 heterocycles. The quantitative estimate of drug-likeness (QED) is 0.492. The predicted molar refractivity (Wildman–Crippen MR) is 72.1 cm³/mol. The van der Waals surface area contributed by atoms with Gasteiger partial charge in [-0.3, -0.25) is 4.79 Å². The normalized spacial score (nSPS) is 11.4. The van der Waals surface area contributed by atoms with E-state index in [4.69, 9.17) is 17.3 Å². The molecule has 0 aliphatic carbocycles. The van der Waals surface area contributed by atoms with Crippen LogP contribution in [0.4, 0.5) is 11.4 Å². The number of aryl methyl sites for hydroxylation is 1.